The molecule has 0 bridgehead atoms. The minimum Gasteiger partial charge on any atom is -0.370 e. The number of nitrogens with one attached hydrogen (secondary N) is 2. The van der Waals surface area contributed by atoms with Gasteiger partial charge >= 0.3 is 0 Å². The zero-order valence-electron chi connectivity index (χ0n) is 11.5. The van der Waals surface area contributed by atoms with Gasteiger partial charge in [-0.05, 0) is 37.4 Å². The summed E-state index contributed by atoms with van der Waals surface area (Å²) >= 11 is 1.60. The zero-order valence-corrected chi connectivity index (χ0v) is 12.3. The number of rotatable bonds is 5. The highest BCUT2D eigenvalue weighted by Crippen LogP contribution is 2.24. The molecule has 2 rings (SSSR count). The third kappa shape index (κ3) is 3.51. The number of hydrogen-bond acceptors (Lipinski definition) is 4. The fraction of sp³-hybridized carbons (Fsp3) is 0.200. The van der Waals surface area contributed by atoms with Crippen molar-refractivity contribution in [3.8, 4) is 0 Å². The third-order valence-corrected chi connectivity index (χ3v) is 3.49. The molecule has 0 fully saturated rings. The number of benzene rings is 1. The molecule has 0 spiro atoms. The molecule has 0 unspecified atom stereocenters. The first-order valence-electron chi connectivity index (χ1n) is 6.40. The molecule has 1 aromatic carbocycles. The SMILES string of the molecule is CCNc1cccc(C(=O)Nc2ccccc2SC)n1. The van der Waals surface area contributed by atoms with Crippen molar-refractivity contribution in [1.82, 2.24) is 4.98 Å². The summed E-state index contributed by atoms with van der Waals surface area (Å²) in [6.07, 6.45) is 1.98. The lowest BCUT2D eigenvalue weighted by molar-refractivity contribution is 0.102. The first-order valence-corrected chi connectivity index (χ1v) is 7.62. The van der Waals surface area contributed by atoms with Crippen molar-refractivity contribution in [3.63, 3.8) is 0 Å². The number of carbonyl (C=O) groups is 1. The molecule has 0 saturated heterocycles. The van der Waals surface area contributed by atoms with E-state index in [2.05, 4.69) is 15.6 Å². The van der Waals surface area contributed by atoms with E-state index in [1.165, 1.54) is 0 Å². The van der Waals surface area contributed by atoms with Gasteiger partial charge in [-0.2, -0.15) is 0 Å². The van der Waals surface area contributed by atoms with Crippen molar-refractivity contribution in [1.29, 1.82) is 0 Å². The standard InChI is InChI=1S/C15H17N3OS/c1-3-16-14-10-6-8-12(17-14)15(19)18-11-7-4-5-9-13(11)20-2/h4-10H,3H2,1-2H3,(H,16,17)(H,18,19). The number of hydrogen-bond donors (Lipinski definition) is 2. The molecule has 4 nitrogen and oxygen atoms in total. The van der Waals surface area contributed by atoms with E-state index in [0.717, 1.165) is 17.1 Å². The molecule has 0 aliphatic heterocycles. The summed E-state index contributed by atoms with van der Waals surface area (Å²) in [5.74, 6) is 0.504. The lowest BCUT2D eigenvalue weighted by Gasteiger charge is -2.09. The van der Waals surface area contributed by atoms with E-state index >= 15 is 0 Å². The number of amides is 1. The highest BCUT2D eigenvalue weighted by molar-refractivity contribution is 7.98. The maximum atomic E-state index is 12.2. The Morgan fingerprint density at radius 1 is 1.20 bits per heavy atom. The maximum Gasteiger partial charge on any atom is 0.274 e. The first-order chi connectivity index (χ1) is 9.74. The van der Waals surface area contributed by atoms with Crippen molar-refractivity contribution >= 4 is 29.2 Å². The molecular formula is C15H17N3OS. The van der Waals surface area contributed by atoms with Crippen LogP contribution in [0.2, 0.25) is 0 Å². The Balaban J connectivity index is 2.17. The fourth-order valence-corrected chi connectivity index (χ4v) is 2.33. The van der Waals surface area contributed by atoms with Gasteiger partial charge in [0.05, 0.1) is 5.69 Å². The summed E-state index contributed by atoms with van der Waals surface area (Å²) in [6.45, 7) is 2.76. The van der Waals surface area contributed by atoms with Gasteiger partial charge in [-0.1, -0.05) is 18.2 Å². The molecule has 1 heterocycles. The van der Waals surface area contributed by atoms with Crippen LogP contribution in [-0.2, 0) is 0 Å². The number of thioether (sulfide) groups is 1. The summed E-state index contributed by atoms with van der Waals surface area (Å²) in [4.78, 5) is 17.5. The van der Waals surface area contributed by atoms with Crippen molar-refractivity contribution in [2.75, 3.05) is 23.4 Å². The lowest BCUT2D eigenvalue weighted by Crippen LogP contribution is -2.15. The van der Waals surface area contributed by atoms with Gasteiger partial charge in [0.15, 0.2) is 0 Å². The molecule has 104 valence electrons. The Kier molecular flexibility index (Phi) is 5.01. The largest absolute Gasteiger partial charge is 0.370 e. The first kappa shape index (κ1) is 14.4. The Bertz CT molecular complexity index is 601. The Morgan fingerprint density at radius 3 is 2.75 bits per heavy atom. The number of anilines is 2. The van der Waals surface area contributed by atoms with E-state index in [4.69, 9.17) is 0 Å². The Morgan fingerprint density at radius 2 is 2.00 bits per heavy atom. The highest BCUT2D eigenvalue weighted by Gasteiger charge is 2.10. The van der Waals surface area contributed by atoms with Gasteiger partial charge in [0.2, 0.25) is 0 Å². The molecule has 2 N–H and O–H groups in total. The van der Waals surface area contributed by atoms with Crippen LogP contribution in [0.1, 0.15) is 17.4 Å². The molecule has 0 aliphatic carbocycles. The molecule has 5 heteroatoms. The third-order valence-electron chi connectivity index (χ3n) is 2.69. The molecule has 2 aromatic rings. The molecule has 1 amide bonds. The van der Waals surface area contributed by atoms with Gasteiger partial charge in [-0.25, -0.2) is 4.98 Å². The second-order valence-corrected chi connectivity index (χ2v) is 4.94. The monoisotopic (exact) mass is 287 g/mol. The number of para-hydroxylation sites is 1. The van der Waals surface area contributed by atoms with E-state index in [-0.39, 0.29) is 5.91 Å². The van der Waals surface area contributed by atoms with Crippen LogP contribution in [0.25, 0.3) is 0 Å². The molecule has 0 aliphatic rings. The van der Waals surface area contributed by atoms with Crippen LogP contribution < -0.4 is 10.6 Å². The van der Waals surface area contributed by atoms with Crippen LogP contribution in [0.15, 0.2) is 47.4 Å². The highest BCUT2D eigenvalue weighted by atomic mass is 32.2. The lowest BCUT2D eigenvalue weighted by atomic mass is 10.3. The number of pyridine rings is 1. The van der Waals surface area contributed by atoms with E-state index in [9.17, 15) is 4.79 Å². The molecule has 1 aromatic heterocycles. The van der Waals surface area contributed by atoms with Gasteiger partial charge in [0.1, 0.15) is 11.5 Å². The minimum atomic E-state index is -0.203. The summed E-state index contributed by atoms with van der Waals surface area (Å²) in [5, 5.41) is 5.99. The summed E-state index contributed by atoms with van der Waals surface area (Å²) in [6, 6.07) is 13.1. The van der Waals surface area contributed by atoms with Crippen molar-refractivity contribution in [2.24, 2.45) is 0 Å². The average molecular weight is 287 g/mol. The fourth-order valence-electron chi connectivity index (χ4n) is 1.77. The van der Waals surface area contributed by atoms with E-state index in [1.807, 2.05) is 49.6 Å². The van der Waals surface area contributed by atoms with Crippen LogP contribution in [0.3, 0.4) is 0 Å². The van der Waals surface area contributed by atoms with Crippen LogP contribution in [-0.4, -0.2) is 23.7 Å². The maximum absolute atomic E-state index is 12.2. The van der Waals surface area contributed by atoms with Crippen molar-refractivity contribution < 1.29 is 4.79 Å². The topological polar surface area (TPSA) is 54.0 Å². The molecule has 0 saturated carbocycles. The van der Waals surface area contributed by atoms with Gasteiger partial charge in [0.25, 0.3) is 5.91 Å². The Labute approximate surface area is 123 Å². The molecule has 20 heavy (non-hydrogen) atoms. The average Bonchev–Trinajstić information content (AvgIpc) is 2.48. The second-order valence-electron chi connectivity index (χ2n) is 4.09. The van der Waals surface area contributed by atoms with Crippen LogP contribution >= 0.6 is 11.8 Å². The Hall–Kier alpha value is -2.01. The van der Waals surface area contributed by atoms with Crippen LogP contribution in [0.4, 0.5) is 11.5 Å². The summed E-state index contributed by atoms with van der Waals surface area (Å²) in [5.41, 5.74) is 1.21. The van der Waals surface area contributed by atoms with Crippen LogP contribution in [0, 0.1) is 0 Å². The van der Waals surface area contributed by atoms with Gasteiger partial charge < -0.3 is 10.6 Å². The van der Waals surface area contributed by atoms with E-state index in [1.54, 1.807) is 17.8 Å². The number of carbonyl (C=O) groups excluding carboxylic acids is 1. The number of nitrogens with zero attached hydrogens (tertiary/aromatic N) is 1. The van der Waals surface area contributed by atoms with E-state index < -0.39 is 0 Å². The molecule has 0 atom stereocenters. The number of aromatic nitrogens is 1. The minimum absolute atomic E-state index is 0.203. The zero-order chi connectivity index (χ0) is 14.4. The smallest absolute Gasteiger partial charge is 0.274 e. The quantitative estimate of drug-likeness (QED) is 0.827. The molecule has 0 radical (unpaired) electrons. The predicted octanol–water partition coefficient (Wildman–Crippen LogP) is 3.49. The van der Waals surface area contributed by atoms with Crippen molar-refractivity contribution in [2.45, 2.75) is 11.8 Å². The van der Waals surface area contributed by atoms with Crippen molar-refractivity contribution in [3.05, 3.63) is 48.2 Å². The normalized spacial score (nSPS) is 10.1. The van der Waals surface area contributed by atoms with Gasteiger partial charge in [-0.15, -0.1) is 11.8 Å². The summed E-state index contributed by atoms with van der Waals surface area (Å²) < 4.78 is 0. The van der Waals surface area contributed by atoms with Crippen LogP contribution in [0.5, 0.6) is 0 Å². The van der Waals surface area contributed by atoms with Gasteiger partial charge in [-0.3, -0.25) is 4.79 Å². The van der Waals surface area contributed by atoms with Gasteiger partial charge in [0, 0.05) is 11.4 Å². The van der Waals surface area contributed by atoms with E-state index in [0.29, 0.717) is 11.5 Å². The summed E-state index contributed by atoms with van der Waals surface area (Å²) in [7, 11) is 0. The molecular weight excluding hydrogens is 270 g/mol. The predicted molar refractivity (Wildman–Crippen MR) is 84.6 cm³/mol. The second kappa shape index (κ2) is 6.96.